The molecule has 0 saturated heterocycles. The van der Waals surface area contributed by atoms with Gasteiger partial charge in [0.2, 0.25) is 5.91 Å². The fraction of sp³-hybridized carbons (Fsp3) is 0.261. The first-order valence-electron chi connectivity index (χ1n) is 10.3. The molecule has 1 aromatic carbocycles. The van der Waals surface area contributed by atoms with Crippen molar-refractivity contribution in [3.05, 3.63) is 66.1 Å². The van der Waals surface area contributed by atoms with Gasteiger partial charge in [-0.15, -0.1) is 10.2 Å². The van der Waals surface area contributed by atoms with Gasteiger partial charge in [0, 0.05) is 30.1 Å². The van der Waals surface area contributed by atoms with Crippen molar-refractivity contribution in [1.29, 1.82) is 0 Å². The second kappa shape index (κ2) is 9.35. The van der Waals surface area contributed by atoms with E-state index in [1.807, 2.05) is 36.6 Å². The normalized spacial score (nSPS) is 11.2. The third-order valence-corrected chi connectivity index (χ3v) is 6.01. The maximum absolute atomic E-state index is 12.6. The molecule has 0 unspecified atom stereocenters. The summed E-state index contributed by atoms with van der Waals surface area (Å²) in [7, 11) is 0. The molecule has 3 heterocycles. The molecule has 0 aliphatic heterocycles. The van der Waals surface area contributed by atoms with Crippen LogP contribution in [-0.2, 0) is 4.79 Å². The molecular weight excluding hydrogens is 422 g/mol. The molecule has 0 radical (unpaired) electrons. The molecule has 0 aliphatic carbocycles. The van der Waals surface area contributed by atoms with E-state index in [-0.39, 0.29) is 17.7 Å². The summed E-state index contributed by atoms with van der Waals surface area (Å²) in [5, 5.41) is 16.7. The third kappa shape index (κ3) is 4.57. The van der Waals surface area contributed by atoms with Gasteiger partial charge in [-0.2, -0.15) is 5.10 Å². The van der Waals surface area contributed by atoms with Crippen molar-refractivity contribution in [2.24, 2.45) is 0 Å². The van der Waals surface area contributed by atoms with Crippen molar-refractivity contribution >= 4 is 23.5 Å². The van der Waals surface area contributed by atoms with Crippen molar-refractivity contribution in [2.45, 2.75) is 38.9 Å². The minimum Gasteiger partial charge on any atom is -0.310 e. The number of nitrogens with one attached hydrogen (secondary N) is 1. The van der Waals surface area contributed by atoms with Crippen LogP contribution in [0.3, 0.4) is 0 Å². The summed E-state index contributed by atoms with van der Waals surface area (Å²) in [5.74, 6) is 1.45. The Morgan fingerprint density at radius 2 is 1.81 bits per heavy atom. The molecule has 164 valence electrons. The molecule has 9 heteroatoms. The largest absolute Gasteiger partial charge is 0.310 e. The molecule has 0 bridgehead atoms. The number of carbonyl (C=O) groups excluding carboxylic acids is 1. The van der Waals surface area contributed by atoms with Gasteiger partial charge < -0.3 is 5.32 Å². The number of anilines is 1. The van der Waals surface area contributed by atoms with Gasteiger partial charge in [-0.25, -0.2) is 4.68 Å². The van der Waals surface area contributed by atoms with E-state index >= 15 is 0 Å². The number of aromatic nitrogens is 6. The number of nitrogens with zero attached hydrogens (tertiary/aromatic N) is 6. The van der Waals surface area contributed by atoms with Crippen molar-refractivity contribution in [3.63, 3.8) is 0 Å². The Morgan fingerprint density at radius 3 is 2.53 bits per heavy atom. The zero-order valence-corrected chi connectivity index (χ0v) is 19.3. The highest BCUT2D eigenvalue weighted by molar-refractivity contribution is 7.99. The second-order valence-corrected chi connectivity index (χ2v) is 8.68. The van der Waals surface area contributed by atoms with Crippen LogP contribution in [0.4, 0.5) is 5.82 Å². The molecule has 8 nitrogen and oxygen atoms in total. The number of rotatable bonds is 7. The predicted octanol–water partition coefficient (Wildman–Crippen LogP) is 4.45. The van der Waals surface area contributed by atoms with E-state index in [2.05, 4.69) is 51.6 Å². The quantitative estimate of drug-likeness (QED) is 0.421. The Bertz CT molecular complexity index is 1230. The minimum atomic E-state index is -0.127. The van der Waals surface area contributed by atoms with Crippen molar-refractivity contribution < 1.29 is 4.79 Å². The van der Waals surface area contributed by atoms with E-state index in [0.717, 1.165) is 11.3 Å². The molecular formula is C23H25N7OS. The first-order chi connectivity index (χ1) is 15.4. The van der Waals surface area contributed by atoms with Gasteiger partial charge in [-0.3, -0.25) is 14.3 Å². The van der Waals surface area contributed by atoms with E-state index in [1.165, 1.54) is 22.9 Å². The zero-order valence-electron chi connectivity index (χ0n) is 18.5. The van der Waals surface area contributed by atoms with Gasteiger partial charge in [0.05, 0.1) is 17.6 Å². The van der Waals surface area contributed by atoms with Gasteiger partial charge in [-0.05, 0) is 63.1 Å². The average molecular weight is 448 g/mol. The standard InChI is InChI=1S/C23H25N7OS/c1-15(2)30-20(9-12-25-30)26-21(31)14-32-23-28-27-22(18-7-10-24-11-8-18)29(23)19-6-5-16(3)17(4)13-19/h5-13,15H,14H2,1-4H3,(H,26,31). The summed E-state index contributed by atoms with van der Waals surface area (Å²) in [4.78, 5) is 16.7. The Labute approximate surface area is 191 Å². The molecule has 4 rings (SSSR count). The smallest absolute Gasteiger partial charge is 0.235 e. The van der Waals surface area contributed by atoms with Crippen LogP contribution >= 0.6 is 11.8 Å². The Balaban J connectivity index is 1.61. The van der Waals surface area contributed by atoms with E-state index in [4.69, 9.17) is 0 Å². The van der Waals surface area contributed by atoms with E-state index < -0.39 is 0 Å². The van der Waals surface area contributed by atoms with Crippen LogP contribution in [0.5, 0.6) is 0 Å². The second-order valence-electron chi connectivity index (χ2n) is 7.74. The highest BCUT2D eigenvalue weighted by Gasteiger charge is 2.18. The van der Waals surface area contributed by atoms with Gasteiger partial charge in [-0.1, -0.05) is 17.8 Å². The Kier molecular flexibility index (Phi) is 6.36. The number of benzene rings is 1. The SMILES string of the molecule is Cc1ccc(-n2c(SCC(=O)Nc3ccnn3C(C)C)nnc2-c2ccncc2)cc1C. The summed E-state index contributed by atoms with van der Waals surface area (Å²) < 4.78 is 3.76. The van der Waals surface area contributed by atoms with Crippen molar-refractivity contribution in [1.82, 2.24) is 29.5 Å². The monoisotopic (exact) mass is 447 g/mol. The van der Waals surface area contributed by atoms with E-state index in [1.54, 1.807) is 29.3 Å². The lowest BCUT2D eigenvalue weighted by atomic mass is 10.1. The number of thioether (sulfide) groups is 1. The van der Waals surface area contributed by atoms with Crippen molar-refractivity contribution in [2.75, 3.05) is 11.1 Å². The van der Waals surface area contributed by atoms with Crippen LogP contribution in [0.25, 0.3) is 17.1 Å². The van der Waals surface area contributed by atoms with Crippen LogP contribution in [0, 0.1) is 13.8 Å². The van der Waals surface area contributed by atoms with Gasteiger partial charge in [0.15, 0.2) is 11.0 Å². The maximum Gasteiger partial charge on any atom is 0.235 e. The number of aryl methyl sites for hydroxylation is 2. The van der Waals surface area contributed by atoms with Crippen LogP contribution in [0.1, 0.15) is 31.0 Å². The summed E-state index contributed by atoms with van der Waals surface area (Å²) in [5.41, 5.74) is 4.24. The number of amides is 1. The lowest BCUT2D eigenvalue weighted by molar-refractivity contribution is -0.113. The summed E-state index contributed by atoms with van der Waals surface area (Å²) in [6, 6.07) is 12.0. The van der Waals surface area contributed by atoms with Gasteiger partial charge in [0.1, 0.15) is 5.82 Å². The lowest BCUT2D eigenvalue weighted by Gasteiger charge is -2.13. The molecule has 32 heavy (non-hydrogen) atoms. The van der Waals surface area contributed by atoms with Crippen molar-refractivity contribution in [3.8, 4) is 17.1 Å². The first-order valence-corrected chi connectivity index (χ1v) is 11.3. The molecule has 0 aliphatic rings. The zero-order chi connectivity index (χ0) is 22.7. The Hall–Kier alpha value is -3.46. The number of hydrogen-bond acceptors (Lipinski definition) is 6. The molecule has 1 amide bonds. The molecule has 3 aromatic heterocycles. The molecule has 0 spiro atoms. The van der Waals surface area contributed by atoms with Gasteiger partial charge in [0.25, 0.3) is 0 Å². The van der Waals surface area contributed by atoms with Crippen LogP contribution < -0.4 is 5.32 Å². The fourth-order valence-electron chi connectivity index (χ4n) is 3.28. The number of hydrogen-bond donors (Lipinski definition) is 1. The molecule has 1 N–H and O–H groups in total. The van der Waals surface area contributed by atoms with Crippen LogP contribution in [0.2, 0.25) is 0 Å². The Morgan fingerprint density at radius 1 is 1.03 bits per heavy atom. The lowest BCUT2D eigenvalue weighted by Crippen LogP contribution is -2.18. The maximum atomic E-state index is 12.6. The number of pyridine rings is 1. The number of carbonyl (C=O) groups is 1. The minimum absolute atomic E-state index is 0.127. The first kappa shape index (κ1) is 21.8. The summed E-state index contributed by atoms with van der Waals surface area (Å²) in [6.07, 6.45) is 5.14. The molecule has 0 atom stereocenters. The third-order valence-electron chi connectivity index (χ3n) is 5.08. The van der Waals surface area contributed by atoms with E-state index in [9.17, 15) is 4.79 Å². The van der Waals surface area contributed by atoms with E-state index in [0.29, 0.717) is 16.8 Å². The summed E-state index contributed by atoms with van der Waals surface area (Å²) >= 11 is 1.34. The van der Waals surface area contributed by atoms with Gasteiger partial charge >= 0.3 is 0 Å². The van der Waals surface area contributed by atoms with Crippen LogP contribution in [-0.4, -0.2) is 41.2 Å². The topological polar surface area (TPSA) is 90.5 Å². The highest BCUT2D eigenvalue weighted by Crippen LogP contribution is 2.29. The highest BCUT2D eigenvalue weighted by atomic mass is 32.2. The average Bonchev–Trinajstić information content (AvgIpc) is 3.42. The fourth-order valence-corrected chi connectivity index (χ4v) is 4.03. The molecule has 0 saturated carbocycles. The van der Waals surface area contributed by atoms with Crippen LogP contribution in [0.15, 0.2) is 60.1 Å². The molecule has 0 fully saturated rings. The predicted molar refractivity (Wildman–Crippen MR) is 126 cm³/mol. The summed E-state index contributed by atoms with van der Waals surface area (Å²) in [6.45, 7) is 8.19. The molecule has 4 aromatic rings.